The highest BCUT2D eigenvalue weighted by Gasteiger charge is 2.11. The molecule has 146 valence electrons. The number of anilines is 1. The predicted molar refractivity (Wildman–Crippen MR) is 110 cm³/mol. The van der Waals surface area contributed by atoms with Gasteiger partial charge in [-0.15, -0.1) is 0 Å². The van der Waals surface area contributed by atoms with Crippen LogP contribution in [0.3, 0.4) is 0 Å². The Balaban J connectivity index is 1.68. The van der Waals surface area contributed by atoms with Gasteiger partial charge in [0.05, 0.1) is 7.11 Å². The quantitative estimate of drug-likeness (QED) is 0.618. The number of para-hydroxylation sites is 1. The fourth-order valence-corrected chi connectivity index (χ4v) is 2.78. The number of methoxy groups -OCH3 is 1. The van der Waals surface area contributed by atoms with E-state index in [1.165, 1.54) is 5.56 Å². The molecule has 2 aromatic rings. The summed E-state index contributed by atoms with van der Waals surface area (Å²) in [4.78, 5) is 12.3. The third kappa shape index (κ3) is 6.61. The monoisotopic (exact) mass is 370 g/mol. The molecule has 0 aliphatic carbocycles. The number of amides is 1. The van der Waals surface area contributed by atoms with Crippen molar-refractivity contribution in [2.75, 3.05) is 32.1 Å². The molecule has 0 aliphatic rings. The summed E-state index contributed by atoms with van der Waals surface area (Å²) >= 11 is 0. The summed E-state index contributed by atoms with van der Waals surface area (Å²) in [6.07, 6.45) is 0.425. The number of hydrogen-bond donors (Lipinski definition) is 2. The Bertz CT molecular complexity index is 727. The molecule has 0 saturated carbocycles. The molecular weight excluding hydrogens is 340 g/mol. The fraction of sp³-hybridized carbons (Fsp3) is 0.409. The number of aryl methyl sites for hydroxylation is 1. The van der Waals surface area contributed by atoms with Crippen molar-refractivity contribution < 1.29 is 14.3 Å². The van der Waals surface area contributed by atoms with Gasteiger partial charge in [-0.25, -0.2) is 0 Å². The molecule has 5 heteroatoms. The Kier molecular flexibility index (Phi) is 8.14. The molecule has 27 heavy (non-hydrogen) atoms. The van der Waals surface area contributed by atoms with Crippen LogP contribution in [0.25, 0.3) is 0 Å². The summed E-state index contributed by atoms with van der Waals surface area (Å²) < 4.78 is 10.8. The lowest BCUT2D eigenvalue weighted by Gasteiger charge is -2.16. The van der Waals surface area contributed by atoms with E-state index in [4.69, 9.17) is 9.47 Å². The first kappa shape index (κ1) is 20.8. The zero-order valence-corrected chi connectivity index (χ0v) is 16.7. The van der Waals surface area contributed by atoms with Crippen molar-refractivity contribution in [2.24, 2.45) is 0 Å². The van der Waals surface area contributed by atoms with E-state index in [1.54, 1.807) is 7.11 Å². The maximum Gasteiger partial charge on any atom is 0.225 e. The van der Waals surface area contributed by atoms with Crippen molar-refractivity contribution in [1.29, 1.82) is 0 Å². The molecule has 5 nitrogen and oxygen atoms in total. The number of benzene rings is 2. The molecule has 0 fully saturated rings. The molecule has 0 spiro atoms. The summed E-state index contributed by atoms with van der Waals surface area (Å²) in [5.74, 6) is 2.00. The van der Waals surface area contributed by atoms with Crippen molar-refractivity contribution >= 4 is 11.6 Å². The molecule has 2 aromatic carbocycles. The molecular formula is C22H30N2O3. The molecule has 2 N–H and O–H groups in total. The molecule has 0 atom stereocenters. The number of hydrogen-bond acceptors (Lipinski definition) is 4. The smallest absolute Gasteiger partial charge is 0.225 e. The van der Waals surface area contributed by atoms with Crippen molar-refractivity contribution in [3.8, 4) is 11.5 Å². The first-order chi connectivity index (χ1) is 13.0. The van der Waals surface area contributed by atoms with Crippen LogP contribution in [0, 0.1) is 6.92 Å². The highest BCUT2D eigenvalue weighted by atomic mass is 16.5. The maximum absolute atomic E-state index is 12.3. The number of ether oxygens (including phenoxy) is 2. The van der Waals surface area contributed by atoms with Crippen molar-refractivity contribution in [3.05, 3.63) is 53.6 Å². The second-order valence-electron chi connectivity index (χ2n) is 6.77. The van der Waals surface area contributed by atoms with E-state index >= 15 is 0 Å². The first-order valence-electron chi connectivity index (χ1n) is 9.38. The molecule has 0 unspecified atom stereocenters. The Morgan fingerprint density at radius 3 is 2.41 bits per heavy atom. The van der Waals surface area contributed by atoms with Gasteiger partial charge in [-0.05, 0) is 48.2 Å². The SMILES string of the molecule is COc1ccc(OCCNCCC(=O)Nc2c(C)cccc2C(C)C)cc1. The molecule has 0 bridgehead atoms. The van der Waals surface area contributed by atoms with Crippen LogP contribution < -0.4 is 20.1 Å². The summed E-state index contributed by atoms with van der Waals surface area (Å²) in [5.41, 5.74) is 3.21. The summed E-state index contributed by atoms with van der Waals surface area (Å²) in [6.45, 7) is 8.13. The molecule has 0 saturated heterocycles. The minimum Gasteiger partial charge on any atom is -0.497 e. The average Bonchev–Trinajstić information content (AvgIpc) is 2.66. The normalized spacial score (nSPS) is 10.7. The second-order valence-corrected chi connectivity index (χ2v) is 6.77. The number of nitrogens with one attached hydrogen (secondary N) is 2. The van der Waals surface area contributed by atoms with Gasteiger partial charge in [-0.2, -0.15) is 0 Å². The minimum atomic E-state index is 0.0229. The van der Waals surface area contributed by atoms with Crippen molar-refractivity contribution in [3.63, 3.8) is 0 Å². The van der Waals surface area contributed by atoms with Crippen LogP contribution in [-0.4, -0.2) is 32.7 Å². The van der Waals surface area contributed by atoms with Gasteiger partial charge in [0.25, 0.3) is 0 Å². The van der Waals surface area contributed by atoms with E-state index in [2.05, 4.69) is 30.5 Å². The van der Waals surface area contributed by atoms with Crippen LogP contribution in [0.4, 0.5) is 5.69 Å². The van der Waals surface area contributed by atoms with E-state index in [0.717, 1.165) is 22.7 Å². The van der Waals surface area contributed by atoms with Crippen LogP contribution in [0.1, 0.15) is 37.3 Å². The Labute approximate surface area is 162 Å². The van der Waals surface area contributed by atoms with Gasteiger partial charge in [0, 0.05) is 25.2 Å². The Hall–Kier alpha value is -2.53. The Morgan fingerprint density at radius 1 is 1.04 bits per heavy atom. The van der Waals surface area contributed by atoms with E-state index in [-0.39, 0.29) is 5.91 Å². The van der Waals surface area contributed by atoms with E-state index in [9.17, 15) is 4.79 Å². The zero-order valence-electron chi connectivity index (χ0n) is 16.7. The highest BCUT2D eigenvalue weighted by Crippen LogP contribution is 2.27. The summed E-state index contributed by atoms with van der Waals surface area (Å²) in [6, 6.07) is 13.6. The van der Waals surface area contributed by atoms with Crippen LogP contribution in [-0.2, 0) is 4.79 Å². The van der Waals surface area contributed by atoms with E-state index in [1.807, 2.05) is 43.3 Å². The van der Waals surface area contributed by atoms with Crippen molar-refractivity contribution in [1.82, 2.24) is 5.32 Å². The summed E-state index contributed by atoms with van der Waals surface area (Å²) in [7, 11) is 1.64. The third-order valence-corrected chi connectivity index (χ3v) is 4.33. The van der Waals surface area contributed by atoms with Gasteiger partial charge in [0.15, 0.2) is 0 Å². The number of carbonyl (C=O) groups is 1. The first-order valence-corrected chi connectivity index (χ1v) is 9.38. The topological polar surface area (TPSA) is 59.6 Å². The number of rotatable bonds is 10. The molecule has 1 amide bonds. The van der Waals surface area contributed by atoms with Gasteiger partial charge in [0.2, 0.25) is 5.91 Å². The maximum atomic E-state index is 12.3. The van der Waals surface area contributed by atoms with Crippen LogP contribution >= 0.6 is 0 Å². The van der Waals surface area contributed by atoms with Crippen molar-refractivity contribution in [2.45, 2.75) is 33.1 Å². The molecule has 0 aromatic heterocycles. The van der Waals surface area contributed by atoms with Gasteiger partial charge in [0.1, 0.15) is 18.1 Å². The third-order valence-electron chi connectivity index (χ3n) is 4.33. The largest absolute Gasteiger partial charge is 0.497 e. The van der Waals surface area contributed by atoms with Crippen LogP contribution in [0.15, 0.2) is 42.5 Å². The van der Waals surface area contributed by atoms with Gasteiger partial charge >= 0.3 is 0 Å². The minimum absolute atomic E-state index is 0.0229. The van der Waals surface area contributed by atoms with Gasteiger partial charge in [-0.3, -0.25) is 4.79 Å². The van der Waals surface area contributed by atoms with Gasteiger partial charge in [-0.1, -0.05) is 32.0 Å². The number of carbonyl (C=O) groups excluding carboxylic acids is 1. The molecule has 0 heterocycles. The molecule has 0 radical (unpaired) electrons. The lowest BCUT2D eigenvalue weighted by Crippen LogP contribution is -2.26. The zero-order chi connectivity index (χ0) is 19.6. The Morgan fingerprint density at radius 2 is 1.74 bits per heavy atom. The highest BCUT2D eigenvalue weighted by molar-refractivity contribution is 5.92. The second kappa shape index (κ2) is 10.6. The van der Waals surface area contributed by atoms with Crippen LogP contribution in [0.2, 0.25) is 0 Å². The standard InChI is InChI=1S/C22H30N2O3/c1-16(2)20-7-5-6-17(3)22(20)24-21(25)12-13-23-14-15-27-19-10-8-18(26-4)9-11-19/h5-11,16,23H,12-15H2,1-4H3,(H,24,25). The summed E-state index contributed by atoms with van der Waals surface area (Å²) in [5, 5.41) is 6.30. The average molecular weight is 370 g/mol. The molecule has 2 rings (SSSR count). The molecule has 0 aliphatic heterocycles. The lowest BCUT2D eigenvalue weighted by molar-refractivity contribution is -0.116. The van der Waals surface area contributed by atoms with E-state index in [0.29, 0.717) is 32.0 Å². The van der Waals surface area contributed by atoms with Crippen LogP contribution in [0.5, 0.6) is 11.5 Å². The van der Waals surface area contributed by atoms with Gasteiger partial charge < -0.3 is 20.1 Å². The fourth-order valence-electron chi connectivity index (χ4n) is 2.78. The lowest BCUT2D eigenvalue weighted by atomic mass is 9.98. The predicted octanol–water partition coefficient (Wildman–Crippen LogP) is 4.12. The van der Waals surface area contributed by atoms with E-state index < -0.39 is 0 Å².